The van der Waals surface area contributed by atoms with E-state index in [0.29, 0.717) is 12.1 Å². The molecular weight excluding hydrogens is 198 g/mol. The van der Waals surface area contributed by atoms with E-state index >= 15 is 0 Å². The van der Waals surface area contributed by atoms with Gasteiger partial charge in [0.15, 0.2) is 0 Å². The minimum absolute atomic E-state index is 0.380. The van der Waals surface area contributed by atoms with E-state index in [-0.39, 0.29) is 0 Å². The van der Waals surface area contributed by atoms with Crippen LogP contribution in [0, 0.1) is 5.92 Å². The van der Waals surface area contributed by atoms with E-state index < -0.39 is 0 Å². The van der Waals surface area contributed by atoms with Gasteiger partial charge in [0.2, 0.25) is 0 Å². The van der Waals surface area contributed by atoms with Crippen LogP contribution in [0.25, 0.3) is 0 Å². The van der Waals surface area contributed by atoms with Gasteiger partial charge in [-0.05, 0) is 44.2 Å². The Morgan fingerprint density at radius 2 is 2.19 bits per heavy atom. The lowest BCUT2D eigenvalue weighted by Gasteiger charge is -2.25. The second-order valence-corrected chi connectivity index (χ2v) is 4.98. The molecule has 2 atom stereocenters. The first-order valence-electron chi connectivity index (χ1n) is 6.60. The van der Waals surface area contributed by atoms with Gasteiger partial charge >= 0.3 is 0 Å². The lowest BCUT2D eigenvalue weighted by atomic mass is 9.98. The van der Waals surface area contributed by atoms with Crippen molar-refractivity contribution >= 4 is 0 Å². The second kappa shape index (κ2) is 5.53. The van der Waals surface area contributed by atoms with Crippen molar-refractivity contribution in [2.24, 2.45) is 5.92 Å². The Morgan fingerprint density at radius 1 is 1.44 bits per heavy atom. The quantitative estimate of drug-likeness (QED) is 0.815. The molecule has 2 rings (SSSR count). The molecule has 1 aliphatic carbocycles. The van der Waals surface area contributed by atoms with Crippen LogP contribution in [-0.4, -0.2) is 6.04 Å². The molecule has 2 heteroatoms. The van der Waals surface area contributed by atoms with Crippen molar-refractivity contribution in [3.63, 3.8) is 0 Å². The molecule has 1 aliphatic rings. The first-order valence-corrected chi connectivity index (χ1v) is 6.60. The monoisotopic (exact) mass is 221 g/mol. The maximum absolute atomic E-state index is 5.49. The van der Waals surface area contributed by atoms with Crippen molar-refractivity contribution in [3.05, 3.63) is 24.2 Å². The van der Waals surface area contributed by atoms with E-state index in [4.69, 9.17) is 4.42 Å². The Hall–Kier alpha value is -0.760. The summed E-state index contributed by atoms with van der Waals surface area (Å²) < 4.78 is 5.49. The van der Waals surface area contributed by atoms with Crippen molar-refractivity contribution in [1.29, 1.82) is 0 Å². The SMILES string of the molecule is CCC(N[C@@H](C)C1CCCC1)c1ccco1. The van der Waals surface area contributed by atoms with Crippen LogP contribution in [0.3, 0.4) is 0 Å². The summed E-state index contributed by atoms with van der Waals surface area (Å²) in [5.74, 6) is 1.94. The Balaban J connectivity index is 1.91. The van der Waals surface area contributed by atoms with Crippen LogP contribution in [0.1, 0.15) is 57.8 Å². The van der Waals surface area contributed by atoms with Gasteiger partial charge in [-0.15, -0.1) is 0 Å². The fraction of sp³-hybridized carbons (Fsp3) is 0.714. The van der Waals surface area contributed by atoms with E-state index in [0.717, 1.165) is 18.1 Å². The summed E-state index contributed by atoms with van der Waals surface area (Å²) in [7, 11) is 0. The van der Waals surface area contributed by atoms with Crippen molar-refractivity contribution in [3.8, 4) is 0 Å². The first kappa shape index (κ1) is 11.7. The third-order valence-corrected chi connectivity index (χ3v) is 3.87. The van der Waals surface area contributed by atoms with E-state index in [1.165, 1.54) is 25.7 Å². The van der Waals surface area contributed by atoms with Crippen molar-refractivity contribution < 1.29 is 4.42 Å². The number of rotatable bonds is 5. The highest BCUT2D eigenvalue weighted by molar-refractivity contribution is 5.04. The van der Waals surface area contributed by atoms with Crippen LogP contribution in [0.5, 0.6) is 0 Å². The van der Waals surface area contributed by atoms with E-state index in [9.17, 15) is 0 Å². The third-order valence-electron chi connectivity index (χ3n) is 3.87. The van der Waals surface area contributed by atoms with Gasteiger partial charge in [0.05, 0.1) is 12.3 Å². The average molecular weight is 221 g/mol. The van der Waals surface area contributed by atoms with E-state index in [2.05, 4.69) is 25.2 Å². The standard InChI is InChI=1S/C14H23NO/c1-3-13(14-9-6-10-16-14)15-11(2)12-7-4-5-8-12/h6,9-13,15H,3-5,7-8H2,1-2H3/t11-,13?/m0/s1. The fourth-order valence-electron chi connectivity index (χ4n) is 2.80. The zero-order valence-corrected chi connectivity index (χ0v) is 10.4. The topological polar surface area (TPSA) is 25.2 Å². The summed E-state index contributed by atoms with van der Waals surface area (Å²) in [6, 6.07) is 5.03. The molecule has 0 bridgehead atoms. The highest BCUT2D eigenvalue weighted by Crippen LogP contribution is 2.29. The van der Waals surface area contributed by atoms with Gasteiger partial charge in [-0.25, -0.2) is 0 Å². The molecule has 1 aromatic heterocycles. The normalized spacial score (nSPS) is 21.1. The van der Waals surface area contributed by atoms with Gasteiger partial charge in [0.25, 0.3) is 0 Å². The van der Waals surface area contributed by atoms with Gasteiger partial charge in [-0.1, -0.05) is 19.8 Å². The molecule has 0 spiro atoms. The molecule has 1 fully saturated rings. The van der Waals surface area contributed by atoms with E-state index in [1.807, 2.05) is 6.07 Å². The van der Waals surface area contributed by atoms with Crippen LogP contribution in [0.15, 0.2) is 22.8 Å². The molecule has 0 amide bonds. The molecular formula is C14H23NO. The van der Waals surface area contributed by atoms with Crippen molar-refractivity contribution in [2.75, 3.05) is 0 Å². The van der Waals surface area contributed by atoms with E-state index in [1.54, 1.807) is 6.26 Å². The molecule has 16 heavy (non-hydrogen) atoms. The van der Waals surface area contributed by atoms with Crippen LogP contribution in [0.4, 0.5) is 0 Å². The minimum atomic E-state index is 0.380. The Labute approximate surface area is 98.4 Å². The molecule has 1 saturated carbocycles. The summed E-state index contributed by atoms with van der Waals surface area (Å²) in [6.45, 7) is 4.53. The summed E-state index contributed by atoms with van der Waals surface area (Å²) in [4.78, 5) is 0. The highest BCUT2D eigenvalue weighted by atomic mass is 16.3. The van der Waals surface area contributed by atoms with Gasteiger partial charge in [-0.3, -0.25) is 0 Å². The predicted octanol–water partition coefficient (Wildman–Crippen LogP) is 3.90. The Morgan fingerprint density at radius 3 is 2.75 bits per heavy atom. The number of hydrogen-bond acceptors (Lipinski definition) is 2. The summed E-state index contributed by atoms with van der Waals surface area (Å²) in [6.07, 6.45) is 8.46. The molecule has 0 aromatic carbocycles. The molecule has 1 N–H and O–H groups in total. The van der Waals surface area contributed by atoms with Gasteiger partial charge in [0, 0.05) is 6.04 Å². The summed E-state index contributed by atoms with van der Waals surface area (Å²) in [5, 5.41) is 3.72. The summed E-state index contributed by atoms with van der Waals surface area (Å²) in [5.41, 5.74) is 0. The average Bonchev–Trinajstić information content (AvgIpc) is 2.96. The maximum Gasteiger partial charge on any atom is 0.120 e. The molecule has 1 aromatic rings. The lowest BCUT2D eigenvalue weighted by molar-refractivity contribution is 0.311. The molecule has 1 unspecified atom stereocenters. The molecule has 0 aliphatic heterocycles. The fourth-order valence-corrected chi connectivity index (χ4v) is 2.80. The molecule has 90 valence electrons. The smallest absolute Gasteiger partial charge is 0.120 e. The Kier molecular flexibility index (Phi) is 4.05. The number of hydrogen-bond donors (Lipinski definition) is 1. The maximum atomic E-state index is 5.49. The van der Waals surface area contributed by atoms with Crippen LogP contribution in [-0.2, 0) is 0 Å². The van der Waals surface area contributed by atoms with Gasteiger partial charge in [-0.2, -0.15) is 0 Å². The minimum Gasteiger partial charge on any atom is -0.468 e. The Bertz CT molecular complexity index is 288. The first-order chi connectivity index (χ1) is 7.81. The molecule has 0 radical (unpaired) electrons. The zero-order valence-electron chi connectivity index (χ0n) is 10.4. The summed E-state index contributed by atoms with van der Waals surface area (Å²) >= 11 is 0. The second-order valence-electron chi connectivity index (χ2n) is 4.98. The highest BCUT2D eigenvalue weighted by Gasteiger charge is 2.24. The van der Waals surface area contributed by atoms with Crippen LogP contribution in [0.2, 0.25) is 0 Å². The number of furan rings is 1. The molecule has 2 nitrogen and oxygen atoms in total. The largest absolute Gasteiger partial charge is 0.468 e. The van der Waals surface area contributed by atoms with Gasteiger partial charge < -0.3 is 9.73 Å². The predicted molar refractivity (Wildman–Crippen MR) is 66.3 cm³/mol. The number of nitrogens with one attached hydrogen (secondary N) is 1. The van der Waals surface area contributed by atoms with Crippen LogP contribution >= 0.6 is 0 Å². The lowest BCUT2D eigenvalue weighted by Crippen LogP contribution is -2.35. The zero-order chi connectivity index (χ0) is 11.4. The van der Waals surface area contributed by atoms with Gasteiger partial charge in [0.1, 0.15) is 5.76 Å². The molecule has 0 saturated heterocycles. The van der Waals surface area contributed by atoms with Crippen LogP contribution < -0.4 is 5.32 Å². The third kappa shape index (κ3) is 2.67. The molecule has 1 heterocycles. The van der Waals surface area contributed by atoms with Crippen molar-refractivity contribution in [2.45, 2.75) is 58.0 Å². The van der Waals surface area contributed by atoms with Crippen molar-refractivity contribution in [1.82, 2.24) is 5.32 Å².